The first kappa shape index (κ1) is 20.2. The molecule has 5 nitrogen and oxygen atoms in total. The Hall–Kier alpha value is -0.780. The fraction of sp³-hybridized carbons (Fsp3) is 0.714. The molecule has 1 atom stereocenters. The van der Waals surface area contributed by atoms with Crippen molar-refractivity contribution in [2.24, 2.45) is 11.8 Å². The maximum absolute atomic E-state index is 12.0. The highest BCUT2D eigenvalue weighted by Crippen LogP contribution is 2.11. The van der Waals surface area contributed by atoms with E-state index in [4.69, 9.17) is 0 Å². The Bertz CT molecular complexity index is 419. The van der Waals surface area contributed by atoms with Gasteiger partial charge in [-0.05, 0) is 38.8 Å². The molecular weight excluding hydrogens is 311 g/mol. The van der Waals surface area contributed by atoms with E-state index < -0.39 is 0 Å². The van der Waals surface area contributed by atoms with Gasteiger partial charge >= 0.3 is 0 Å². The van der Waals surface area contributed by atoms with Gasteiger partial charge in [0.2, 0.25) is 5.91 Å². The summed E-state index contributed by atoms with van der Waals surface area (Å²) in [5.41, 5.74) is 0. The van der Waals surface area contributed by atoms with E-state index in [0.29, 0.717) is 5.92 Å². The summed E-state index contributed by atoms with van der Waals surface area (Å²) in [7, 11) is 0. The summed E-state index contributed by atoms with van der Waals surface area (Å²) in [4.78, 5) is 16.2. The number of imidazole rings is 1. The molecule has 0 spiro atoms. The van der Waals surface area contributed by atoms with Gasteiger partial charge in [-0.25, -0.2) is 4.98 Å². The van der Waals surface area contributed by atoms with Gasteiger partial charge in [0.05, 0.1) is 0 Å². The first-order valence-electron chi connectivity index (χ1n) is 7.13. The molecule has 1 saturated heterocycles. The van der Waals surface area contributed by atoms with Crippen molar-refractivity contribution in [2.45, 2.75) is 33.2 Å². The normalized spacial score (nSPS) is 16.5. The Morgan fingerprint density at radius 3 is 2.71 bits per heavy atom. The molecule has 122 valence electrons. The first-order chi connectivity index (χ1) is 9.16. The summed E-state index contributed by atoms with van der Waals surface area (Å²) < 4.78 is 2.13. The van der Waals surface area contributed by atoms with Crippen molar-refractivity contribution in [1.82, 2.24) is 20.2 Å². The predicted octanol–water partition coefficient (Wildman–Crippen LogP) is 1.79. The molecule has 1 amide bonds. The van der Waals surface area contributed by atoms with Gasteiger partial charge < -0.3 is 15.2 Å². The number of carbonyl (C=O) groups is 1. The molecule has 0 radical (unpaired) electrons. The molecule has 1 fully saturated rings. The number of nitrogens with zero attached hydrogens (tertiary/aromatic N) is 2. The van der Waals surface area contributed by atoms with Crippen LogP contribution in [0.4, 0.5) is 0 Å². The summed E-state index contributed by atoms with van der Waals surface area (Å²) in [5.74, 6) is 1.86. The molecule has 1 aliphatic rings. The molecule has 0 aliphatic carbocycles. The average Bonchev–Trinajstić information content (AvgIpc) is 2.82. The van der Waals surface area contributed by atoms with Crippen LogP contribution in [0.2, 0.25) is 0 Å². The topological polar surface area (TPSA) is 59.0 Å². The van der Waals surface area contributed by atoms with Crippen molar-refractivity contribution in [2.75, 3.05) is 19.6 Å². The third-order valence-electron chi connectivity index (χ3n) is 3.77. The number of piperidine rings is 1. The van der Waals surface area contributed by atoms with Gasteiger partial charge in [-0.1, -0.05) is 6.92 Å². The molecule has 0 saturated carbocycles. The predicted molar refractivity (Wildman–Crippen MR) is 89.2 cm³/mol. The minimum absolute atomic E-state index is 0. The molecule has 2 N–H and O–H groups in total. The zero-order chi connectivity index (χ0) is 13.7. The van der Waals surface area contributed by atoms with Gasteiger partial charge in [-0.15, -0.1) is 24.8 Å². The van der Waals surface area contributed by atoms with Crippen LogP contribution in [0.15, 0.2) is 12.4 Å². The third kappa shape index (κ3) is 6.24. The summed E-state index contributed by atoms with van der Waals surface area (Å²) in [6, 6.07) is 0. The maximum Gasteiger partial charge on any atom is 0.223 e. The van der Waals surface area contributed by atoms with Crippen LogP contribution in [0, 0.1) is 18.8 Å². The lowest BCUT2D eigenvalue weighted by Gasteiger charge is -2.23. The van der Waals surface area contributed by atoms with Crippen LogP contribution in [-0.2, 0) is 11.3 Å². The molecule has 2 heterocycles. The number of halogens is 2. The minimum Gasteiger partial charge on any atom is -0.356 e. The van der Waals surface area contributed by atoms with Crippen LogP contribution < -0.4 is 10.6 Å². The van der Waals surface area contributed by atoms with E-state index in [9.17, 15) is 4.79 Å². The highest BCUT2D eigenvalue weighted by Gasteiger charge is 2.20. The van der Waals surface area contributed by atoms with Gasteiger partial charge in [0.25, 0.3) is 0 Å². The highest BCUT2D eigenvalue weighted by atomic mass is 35.5. The van der Waals surface area contributed by atoms with Crippen molar-refractivity contribution in [3.05, 3.63) is 18.2 Å². The maximum atomic E-state index is 12.0. The second-order valence-electron chi connectivity index (χ2n) is 5.50. The standard InChI is InChI=1S/C14H24N4O.2ClH/c1-11(10-18-8-7-16-12(18)2)9-17-14(19)13-3-5-15-6-4-13;;/h7-8,11,13,15H,3-6,9-10H2,1-2H3,(H,17,19);2*1H. The van der Waals surface area contributed by atoms with Gasteiger partial charge in [-0.2, -0.15) is 0 Å². The number of aryl methyl sites for hydroxylation is 1. The van der Waals surface area contributed by atoms with Crippen LogP contribution in [0.25, 0.3) is 0 Å². The average molecular weight is 337 g/mol. The molecular formula is C14H26Cl2N4O. The SMILES string of the molecule is Cc1nccn1CC(C)CNC(=O)C1CCNCC1.Cl.Cl. The molecule has 1 aromatic rings. The number of hydrogen-bond acceptors (Lipinski definition) is 3. The summed E-state index contributed by atoms with van der Waals surface area (Å²) in [6.45, 7) is 7.71. The molecule has 1 aromatic heterocycles. The number of hydrogen-bond donors (Lipinski definition) is 2. The third-order valence-corrected chi connectivity index (χ3v) is 3.77. The Morgan fingerprint density at radius 1 is 1.48 bits per heavy atom. The van der Waals surface area contributed by atoms with E-state index in [-0.39, 0.29) is 36.6 Å². The van der Waals surface area contributed by atoms with E-state index >= 15 is 0 Å². The summed E-state index contributed by atoms with van der Waals surface area (Å²) in [5, 5.41) is 6.36. The number of rotatable bonds is 5. The Morgan fingerprint density at radius 2 is 2.14 bits per heavy atom. The number of aromatic nitrogens is 2. The van der Waals surface area contributed by atoms with Crippen molar-refractivity contribution in [1.29, 1.82) is 0 Å². The second kappa shape index (κ2) is 10.0. The van der Waals surface area contributed by atoms with Crippen molar-refractivity contribution >= 4 is 30.7 Å². The fourth-order valence-corrected chi connectivity index (χ4v) is 2.50. The van der Waals surface area contributed by atoms with Gasteiger partial charge in [-0.3, -0.25) is 4.79 Å². The molecule has 2 rings (SSSR count). The Balaban J connectivity index is 0.00000200. The van der Waals surface area contributed by atoms with Crippen molar-refractivity contribution < 1.29 is 4.79 Å². The smallest absolute Gasteiger partial charge is 0.223 e. The van der Waals surface area contributed by atoms with Gasteiger partial charge in [0.15, 0.2) is 0 Å². The lowest BCUT2D eigenvalue weighted by molar-refractivity contribution is -0.125. The molecule has 1 aliphatic heterocycles. The zero-order valence-electron chi connectivity index (χ0n) is 12.7. The van der Waals surface area contributed by atoms with E-state index in [1.165, 1.54) is 0 Å². The molecule has 1 unspecified atom stereocenters. The minimum atomic E-state index is 0. The molecule has 21 heavy (non-hydrogen) atoms. The van der Waals surface area contributed by atoms with Gasteiger partial charge in [0, 0.05) is 31.4 Å². The van der Waals surface area contributed by atoms with Crippen LogP contribution in [0.3, 0.4) is 0 Å². The van der Waals surface area contributed by atoms with Crippen molar-refractivity contribution in [3.8, 4) is 0 Å². The van der Waals surface area contributed by atoms with Gasteiger partial charge in [0.1, 0.15) is 5.82 Å². The highest BCUT2D eigenvalue weighted by molar-refractivity contribution is 5.85. The van der Waals surface area contributed by atoms with Crippen LogP contribution in [0.1, 0.15) is 25.6 Å². The fourth-order valence-electron chi connectivity index (χ4n) is 2.50. The van der Waals surface area contributed by atoms with Crippen LogP contribution in [0.5, 0.6) is 0 Å². The second-order valence-corrected chi connectivity index (χ2v) is 5.50. The first-order valence-corrected chi connectivity index (χ1v) is 7.13. The zero-order valence-corrected chi connectivity index (χ0v) is 14.3. The number of amides is 1. The largest absolute Gasteiger partial charge is 0.356 e. The number of carbonyl (C=O) groups excluding carboxylic acids is 1. The quantitative estimate of drug-likeness (QED) is 0.861. The molecule has 0 aromatic carbocycles. The lowest BCUT2D eigenvalue weighted by Crippen LogP contribution is -2.40. The van der Waals surface area contributed by atoms with Crippen LogP contribution >= 0.6 is 24.8 Å². The van der Waals surface area contributed by atoms with E-state index in [1.54, 1.807) is 0 Å². The van der Waals surface area contributed by atoms with E-state index in [2.05, 4.69) is 27.1 Å². The lowest BCUT2D eigenvalue weighted by atomic mass is 9.97. The monoisotopic (exact) mass is 336 g/mol. The Kier molecular flexibility index (Phi) is 9.66. The van der Waals surface area contributed by atoms with Crippen LogP contribution in [-0.4, -0.2) is 35.1 Å². The Labute approximate surface area is 139 Å². The summed E-state index contributed by atoms with van der Waals surface area (Å²) in [6.07, 6.45) is 5.72. The molecule has 0 bridgehead atoms. The number of nitrogens with one attached hydrogen (secondary N) is 2. The van der Waals surface area contributed by atoms with E-state index in [1.807, 2.05) is 19.3 Å². The van der Waals surface area contributed by atoms with Crippen molar-refractivity contribution in [3.63, 3.8) is 0 Å². The van der Waals surface area contributed by atoms with E-state index in [0.717, 1.165) is 44.8 Å². The summed E-state index contributed by atoms with van der Waals surface area (Å²) >= 11 is 0. The molecule has 7 heteroatoms.